The molecule has 0 aliphatic heterocycles. The van der Waals surface area contributed by atoms with E-state index >= 15 is 0 Å². The molecular formula is C18H14N4O4. The summed E-state index contributed by atoms with van der Waals surface area (Å²) < 4.78 is 0. The molecule has 0 radical (unpaired) electrons. The minimum atomic E-state index is -0.658. The minimum Gasteiger partial charge on any atom is -0.360 e. The third kappa shape index (κ3) is 4.75. The Morgan fingerprint density at radius 2 is 1.65 bits per heavy atom. The van der Waals surface area contributed by atoms with Gasteiger partial charge in [0.05, 0.1) is 4.92 Å². The van der Waals surface area contributed by atoms with Crippen molar-refractivity contribution >= 4 is 28.8 Å². The molecule has 0 aromatic heterocycles. The number of nitriles is 1. The lowest BCUT2D eigenvalue weighted by molar-refractivity contribution is -0.384. The Labute approximate surface area is 148 Å². The number of non-ortho nitro benzene ring substituents is 1. The molecule has 2 rings (SSSR count). The van der Waals surface area contributed by atoms with Gasteiger partial charge in [-0.05, 0) is 43.3 Å². The number of benzene rings is 2. The maximum absolute atomic E-state index is 12.1. The lowest BCUT2D eigenvalue weighted by Gasteiger charge is -2.05. The van der Waals surface area contributed by atoms with Crippen molar-refractivity contribution in [3.8, 4) is 6.07 Å². The summed E-state index contributed by atoms with van der Waals surface area (Å²) in [6.45, 7) is 1.46. The molecule has 0 saturated carbocycles. The molecule has 8 heteroatoms. The van der Waals surface area contributed by atoms with E-state index in [9.17, 15) is 19.7 Å². The molecule has 8 nitrogen and oxygen atoms in total. The van der Waals surface area contributed by atoms with Crippen LogP contribution < -0.4 is 10.6 Å². The SMILES string of the molecule is CC(=O)c1ccc(N/C=C(/C#N)C(=O)Nc2ccc([N+](=O)[O-])cc2)cc1. The van der Waals surface area contributed by atoms with Crippen molar-refractivity contribution in [1.29, 1.82) is 5.26 Å². The number of nitro groups is 1. The number of anilines is 2. The van der Waals surface area contributed by atoms with Crippen molar-refractivity contribution in [3.63, 3.8) is 0 Å². The van der Waals surface area contributed by atoms with Gasteiger partial charge in [0, 0.05) is 35.3 Å². The van der Waals surface area contributed by atoms with Crippen LogP contribution in [-0.4, -0.2) is 16.6 Å². The van der Waals surface area contributed by atoms with Crippen LogP contribution in [-0.2, 0) is 4.79 Å². The van der Waals surface area contributed by atoms with Crippen LogP contribution in [0.2, 0.25) is 0 Å². The Morgan fingerprint density at radius 1 is 1.08 bits per heavy atom. The van der Waals surface area contributed by atoms with Crippen LogP contribution >= 0.6 is 0 Å². The van der Waals surface area contributed by atoms with E-state index in [1.165, 1.54) is 37.4 Å². The molecule has 130 valence electrons. The Hall–Kier alpha value is -3.99. The zero-order valence-corrected chi connectivity index (χ0v) is 13.7. The van der Waals surface area contributed by atoms with Gasteiger partial charge in [0.15, 0.2) is 5.78 Å². The molecule has 0 bridgehead atoms. The fourth-order valence-corrected chi connectivity index (χ4v) is 1.97. The lowest BCUT2D eigenvalue weighted by Crippen LogP contribution is -2.14. The highest BCUT2D eigenvalue weighted by Gasteiger charge is 2.11. The second kappa shape index (κ2) is 8.21. The molecule has 1 amide bonds. The molecule has 26 heavy (non-hydrogen) atoms. The van der Waals surface area contributed by atoms with Gasteiger partial charge in [-0.2, -0.15) is 5.26 Å². The molecule has 2 aromatic carbocycles. The van der Waals surface area contributed by atoms with E-state index in [4.69, 9.17) is 5.26 Å². The van der Waals surface area contributed by atoms with Crippen LogP contribution in [0.3, 0.4) is 0 Å². The predicted octanol–water partition coefficient (Wildman–Crippen LogP) is 3.26. The van der Waals surface area contributed by atoms with Gasteiger partial charge in [0.2, 0.25) is 0 Å². The number of carbonyl (C=O) groups is 2. The Balaban J connectivity index is 2.05. The summed E-state index contributed by atoms with van der Waals surface area (Å²) >= 11 is 0. The third-order valence-corrected chi connectivity index (χ3v) is 3.38. The second-order valence-electron chi connectivity index (χ2n) is 5.21. The van der Waals surface area contributed by atoms with E-state index in [1.54, 1.807) is 30.3 Å². The average Bonchev–Trinajstić information content (AvgIpc) is 2.63. The maximum Gasteiger partial charge on any atom is 0.269 e. The molecule has 0 atom stereocenters. The summed E-state index contributed by atoms with van der Waals surface area (Å²) in [5.74, 6) is -0.721. The van der Waals surface area contributed by atoms with Gasteiger partial charge in [-0.3, -0.25) is 19.7 Å². The van der Waals surface area contributed by atoms with Crippen molar-refractivity contribution in [2.75, 3.05) is 10.6 Å². The normalized spacial score (nSPS) is 10.5. The molecule has 0 unspecified atom stereocenters. The number of amides is 1. The van der Waals surface area contributed by atoms with Gasteiger partial charge in [-0.1, -0.05) is 0 Å². The molecule has 0 saturated heterocycles. The molecule has 0 aliphatic carbocycles. The highest BCUT2D eigenvalue weighted by molar-refractivity contribution is 6.06. The molecule has 2 aromatic rings. The van der Waals surface area contributed by atoms with Gasteiger partial charge in [0.1, 0.15) is 11.6 Å². The van der Waals surface area contributed by atoms with Crippen molar-refractivity contribution in [2.24, 2.45) is 0 Å². The first kappa shape index (κ1) is 18.4. The number of Topliss-reactive ketones (excluding diaryl/α,β-unsaturated/α-hetero) is 1. The Bertz CT molecular complexity index is 910. The minimum absolute atomic E-state index is 0.0627. The fraction of sp³-hybridized carbons (Fsp3) is 0.0556. The first-order valence-electron chi connectivity index (χ1n) is 7.44. The predicted molar refractivity (Wildman–Crippen MR) is 95.5 cm³/mol. The monoisotopic (exact) mass is 350 g/mol. The second-order valence-corrected chi connectivity index (χ2v) is 5.21. The van der Waals surface area contributed by atoms with Crippen LogP contribution in [0.25, 0.3) is 0 Å². The molecule has 0 fully saturated rings. The summed E-state index contributed by atoms with van der Waals surface area (Å²) in [6.07, 6.45) is 1.24. The number of nitrogens with zero attached hydrogens (tertiary/aromatic N) is 2. The summed E-state index contributed by atoms with van der Waals surface area (Å²) in [7, 11) is 0. The first-order chi connectivity index (χ1) is 12.4. The van der Waals surface area contributed by atoms with Gasteiger partial charge < -0.3 is 10.6 Å². The largest absolute Gasteiger partial charge is 0.360 e. The molecule has 0 heterocycles. The van der Waals surface area contributed by atoms with Gasteiger partial charge in [-0.25, -0.2) is 0 Å². The zero-order chi connectivity index (χ0) is 19.1. The summed E-state index contributed by atoms with van der Waals surface area (Å²) in [4.78, 5) is 33.4. The summed E-state index contributed by atoms with van der Waals surface area (Å²) in [5, 5.41) is 25.0. The van der Waals surface area contributed by atoms with E-state index in [2.05, 4.69) is 10.6 Å². The number of hydrogen-bond acceptors (Lipinski definition) is 6. The quantitative estimate of drug-likeness (QED) is 0.271. The van der Waals surface area contributed by atoms with E-state index in [1.807, 2.05) is 0 Å². The van der Waals surface area contributed by atoms with Gasteiger partial charge in [0.25, 0.3) is 11.6 Å². The maximum atomic E-state index is 12.1. The van der Waals surface area contributed by atoms with Crippen molar-refractivity contribution in [1.82, 2.24) is 0 Å². The summed E-state index contributed by atoms with van der Waals surface area (Å²) in [5.41, 5.74) is 1.20. The van der Waals surface area contributed by atoms with Gasteiger partial charge in [-0.15, -0.1) is 0 Å². The Kier molecular flexibility index (Phi) is 5.79. The number of nitro benzene ring substituents is 1. The molecule has 0 aliphatic rings. The first-order valence-corrected chi connectivity index (χ1v) is 7.44. The number of carbonyl (C=O) groups excluding carboxylic acids is 2. The summed E-state index contributed by atoms with van der Waals surface area (Å²) in [6, 6.07) is 13.6. The third-order valence-electron chi connectivity index (χ3n) is 3.38. The van der Waals surface area contributed by atoms with Crippen molar-refractivity contribution in [3.05, 3.63) is 76.0 Å². The van der Waals surface area contributed by atoms with Crippen molar-refractivity contribution < 1.29 is 14.5 Å². The lowest BCUT2D eigenvalue weighted by atomic mass is 10.1. The molecular weight excluding hydrogens is 336 g/mol. The highest BCUT2D eigenvalue weighted by atomic mass is 16.6. The van der Waals surface area contributed by atoms with E-state index in [0.29, 0.717) is 16.9 Å². The van der Waals surface area contributed by atoms with Crippen LogP contribution in [0.15, 0.2) is 60.3 Å². The standard InChI is InChI=1S/C18H14N4O4/c1-12(23)13-2-4-15(5-3-13)20-11-14(10-19)18(24)21-16-6-8-17(9-7-16)22(25)26/h2-9,11,20H,1H3,(H,21,24)/b14-11-. The average molecular weight is 350 g/mol. The number of nitrogens with one attached hydrogen (secondary N) is 2. The molecule has 0 spiro atoms. The van der Waals surface area contributed by atoms with Crippen LogP contribution in [0.4, 0.5) is 17.1 Å². The number of hydrogen-bond donors (Lipinski definition) is 2. The van der Waals surface area contributed by atoms with E-state index in [-0.39, 0.29) is 17.0 Å². The number of ketones is 1. The zero-order valence-electron chi connectivity index (χ0n) is 13.7. The number of rotatable bonds is 6. The van der Waals surface area contributed by atoms with Crippen LogP contribution in [0, 0.1) is 21.4 Å². The smallest absolute Gasteiger partial charge is 0.269 e. The Morgan fingerprint density at radius 3 is 2.15 bits per heavy atom. The molecule has 2 N–H and O–H groups in total. The fourth-order valence-electron chi connectivity index (χ4n) is 1.97. The van der Waals surface area contributed by atoms with E-state index < -0.39 is 10.8 Å². The van der Waals surface area contributed by atoms with Crippen molar-refractivity contribution in [2.45, 2.75) is 6.92 Å². The van der Waals surface area contributed by atoms with Crippen LogP contribution in [0.5, 0.6) is 0 Å². The van der Waals surface area contributed by atoms with Crippen LogP contribution in [0.1, 0.15) is 17.3 Å². The highest BCUT2D eigenvalue weighted by Crippen LogP contribution is 2.16. The van der Waals surface area contributed by atoms with Gasteiger partial charge >= 0.3 is 0 Å². The van der Waals surface area contributed by atoms with E-state index in [0.717, 1.165) is 0 Å². The topological polar surface area (TPSA) is 125 Å².